The Balaban J connectivity index is 2.14. The third-order valence-electron chi connectivity index (χ3n) is 2.56. The molecule has 1 fully saturated rings. The lowest BCUT2D eigenvalue weighted by Gasteiger charge is -2.13. The summed E-state index contributed by atoms with van der Waals surface area (Å²) in [5, 5.41) is 6.04. The Labute approximate surface area is 95.3 Å². The second-order valence-corrected chi connectivity index (χ2v) is 3.76. The van der Waals surface area contributed by atoms with Crippen molar-refractivity contribution >= 4 is 0 Å². The molecule has 1 aliphatic rings. The van der Waals surface area contributed by atoms with Gasteiger partial charge in [0.1, 0.15) is 0 Å². The second-order valence-electron chi connectivity index (χ2n) is 3.76. The standard InChI is InChI=1S/C9H12F3N3O2/c1-2-13-6-4-16-3-5(6)7-14-8(15-17-7)9(10,11)12/h5-6,13H,2-4H2,1H3. The van der Waals surface area contributed by atoms with E-state index in [4.69, 9.17) is 4.74 Å². The maximum Gasteiger partial charge on any atom is 0.455 e. The lowest BCUT2D eigenvalue weighted by Crippen LogP contribution is -2.34. The van der Waals surface area contributed by atoms with Crippen molar-refractivity contribution in [3.05, 3.63) is 11.7 Å². The average Bonchev–Trinajstić information content (AvgIpc) is 2.82. The Hall–Kier alpha value is -1.15. The topological polar surface area (TPSA) is 60.2 Å². The van der Waals surface area contributed by atoms with Crippen LogP contribution in [0.25, 0.3) is 0 Å². The minimum Gasteiger partial charge on any atom is -0.379 e. The van der Waals surface area contributed by atoms with Crippen molar-refractivity contribution in [2.75, 3.05) is 19.8 Å². The van der Waals surface area contributed by atoms with E-state index < -0.39 is 12.0 Å². The van der Waals surface area contributed by atoms with Crippen molar-refractivity contribution in [1.29, 1.82) is 0 Å². The minimum absolute atomic E-state index is 0.0271. The van der Waals surface area contributed by atoms with Crippen LogP contribution in [0.2, 0.25) is 0 Å². The molecule has 0 saturated carbocycles. The van der Waals surface area contributed by atoms with Crippen LogP contribution >= 0.6 is 0 Å². The first kappa shape index (κ1) is 12.3. The highest BCUT2D eigenvalue weighted by Crippen LogP contribution is 2.30. The molecule has 2 rings (SSSR count). The molecule has 0 bridgehead atoms. The summed E-state index contributed by atoms with van der Waals surface area (Å²) in [5.74, 6) is -1.59. The molecular weight excluding hydrogens is 239 g/mol. The highest BCUT2D eigenvalue weighted by Gasteiger charge is 2.40. The van der Waals surface area contributed by atoms with Crippen LogP contribution in [0.4, 0.5) is 13.2 Å². The number of ether oxygens (including phenoxy) is 1. The largest absolute Gasteiger partial charge is 0.455 e. The van der Waals surface area contributed by atoms with Crippen molar-refractivity contribution < 1.29 is 22.4 Å². The summed E-state index contributed by atoms with van der Waals surface area (Å²) in [7, 11) is 0. The van der Waals surface area contributed by atoms with Gasteiger partial charge in [0.2, 0.25) is 5.89 Å². The molecule has 2 atom stereocenters. The number of likely N-dealkylation sites (N-methyl/N-ethyl adjacent to an activating group) is 1. The zero-order valence-electron chi connectivity index (χ0n) is 9.12. The van der Waals surface area contributed by atoms with Gasteiger partial charge in [-0.05, 0) is 6.54 Å². The number of rotatable bonds is 3. The van der Waals surface area contributed by atoms with Gasteiger partial charge in [-0.2, -0.15) is 18.2 Å². The fourth-order valence-corrected chi connectivity index (χ4v) is 1.76. The van der Waals surface area contributed by atoms with Crippen molar-refractivity contribution in [3.63, 3.8) is 0 Å². The van der Waals surface area contributed by atoms with Gasteiger partial charge in [0.15, 0.2) is 0 Å². The zero-order valence-corrected chi connectivity index (χ0v) is 9.12. The lowest BCUT2D eigenvalue weighted by molar-refractivity contribution is -0.146. The van der Waals surface area contributed by atoms with Gasteiger partial charge >= 0.3 is 6.18 Å². The van der Waals surface area contributed by atoms with Gasteiger partial charge in [-0.1, -0.05) is 12.1 Å². The lowest BCUT2D eigenvalue weighted by atomic mass is 10.0. The molecular formula is C9H12F3N3O2. The van der Waals surface area contributed by atoms with Gasteiger partial charge in [0.05, 0.1) is 19.1 Å². The molecule has 5 nitrogen and oxygen atoms in total. The number of hydrogen-bond donors (Lipinski definition) is 1. The van der Waals surface area contributed by atoms with Crippen molar-refractivity contribution in [3.8, 4) is 0 Å². The summed E-state index contributed by atoms with van der Waals surface area (Å²) in [4.78, 5) is 3.37. The fraction of sp³-hybridized carbons (Fsp3) is 0.778. The van der Waals surface area contributed by atoms with Gasteiger partial charge in [-0.25, -0.2) is 0 Å². The molecule has 0 aromatic carbocycles. The summed E-state index contributed by atoms with van der Waals surface area (Å²) in [5.41, 5.74) is 0. The smallest absolute Gasteiger partial charge is 0.379 e. The van der Waals surface area contributed by atoms with E-state index in [0.717, 1.165) is 0 Å². The number of nitrogens with one attached hydrogen (secondary N) is 1. The molecule has 17 heavy (non-hydrogen) atoms. The third-order valence-corrected chi connectivity index (χ3v) is 2.56. The zero-order chi connectivity index (χ0) is 12.5. The maximum atomic E-state index is 12.3. The predicted octanol–water partition coefficient (Wildman–Crippen LogP) is 1.18. The third kappa shape index (κ3) is 2.58. The summed E-state index contributed by atoms with van der Waals surface area (Å²) in [6.45, 7) is 3.33. The molecule has 1 aromatic heterocycles. The van der Waals surface area contributed by atoms with E-state index in [1.165, 1.54) is 0 Å². The number of aromatic nitrogens is 2. The monoisotopic (exact) mass is 251 g/mol. The first-order chi connectivity index (χ1) is 8.02. The maximum absolute atomic E-state index is 12.3. The van der Waals surface area contributed by atoms with Crippen LogP contribution in [-0.2, 0) is 10.9 Å². The number of nitrogens with zero attached hydrogens (tertiary/aromatic N) is 2. The quantitative estimate of drug-likeness (QED) is 0.874. The Kier molecular flexibility index (Phi) is 3.34. The van der Waals surface area contributed by atoms with E-state index in [1.54, 1.807) is 0 Å². The molecule has 0 spiro atoms. The highest BCUT2D eigenvalue weighted by atomic mass is 19.4. The Morgan fingerprint density at radius 2 is 2.18 bits per heavy atom. The van der Waals surface area contributed by atoms with E-state index in [-0.39, 0.29) is 24.5 Å². The Morgan fingerprint density at radius 1 is 1.41 bits per heavy atom. The van der Waals surface area contributed by atoms with E-state index in [9.17, 15) is 13.2 Å². The number of hydrogen-bond acceptors (Lipinski definition) is 5. The van der Waals surface area contributed by atoms with Crippen LogP contribution in [-0.4, -0.2) is 35.9 Å². The van der Waals surface area contributed by atoms with E-state index in [2.05, 4.69) is 20.0 Å². The number of halogens is 3. The molecule has 0 aliphatic carbocycles. The normalized spacial score (nSPS) is 25.4. The fourth-order valence-electron chi connectivity index (χ4n) is 1.76. The Bertz CT molecular complexity index is 380. The molecule has 0 radical (unpaired) electrons. The van der Waals surface area contributed by atoms with Crippen LogP contribution in [0.3, 0.4) is 0 Å². The predicted molar refractivity (Wildman–Crippen MR) is 50.3 cm³/mol. The van der Waals surface area contributed by atoms with E-state index >= 15 is 0 Å². The van der Waals surface area contributed by atoms with E-state index in [1.807, 2.05) is 6.92 Å². The van der Waals surface area contributed by atoms with Crippen LogP contribution < -0.4 is 5.32 Å². The molecule has 1 N–H and O–H groups in total. The summed E-state index contributed by atoms with van der Waals surface area (Å²) in [6.07, 6.45) is -4.57. The van der Waals surface area contributed by atoms with Gasteiger partial charge in [-0.15, -0.1) is 0 Å². The van der Waals surface area contributed by atoms with Crippen molar-refractivity contribution in [2.45, 2.75) is 25.1 Å². The van der Waals surface area contributed by atoms with Crippen LogP contribution in [0.15, 0.2) is 4.52 Å². The number of alkyl halides is 3. The van der Waals surface area contributed by atoms with E-state index in [0.29, 0.717) is 13.2 Å². The van der Waals surface area contributed by atoms with Gasteiger partial charge in [0.25, 0.3) is 5.82 Å². The van der Waals surface area contributed by atoms with Crippen LogP contribution in [0.5, 0.6) is 0 Å². The second kappa shape index (κ2) is 4.61. The summed E-state index contributed by atoms with van der Waals surface area (Å²) in [6, 6.07) is -0.0819. The molecule has 2 unspecified atom stereocenters. The molecule has 0 amide bonds. The SMILES string of the molecule is CCNC1COCC1c1nc(C(F)(F)F)no1. The first-order valence-electron chi connectivity index (χ1n) is 5.24. The first-order valence-corrected chi connectivity index (χ1v) is 5.24. The molecule has 1 aliphatic heterocycles. The average molecular weight is 251 g/mol. The minimum atomic E-state index is -4.57. The summed E-state index contributed by atoms with van der Waals surface area (Å²) >= 11 is 0. The van der Waals surface area contributed by atoms with Gasteiger partial charge in [-0.3, -0.25) is 0 Å². The molecule has 96 valence electrons. The van der Waals surface area contributed by atoms with Gasteiger partial charge in [0, 0.05) is 6.04 Å². The van der Waals surface area contributed by atoms with Gasteiger partial charge < -0.3 is 14.6 Å². The Morgan fingerprint density at radius 3 is 2.76 bits per heavy atom. The molecule has 1 saturated heterocycles. The van der Waals surface area contributed by atoms with Crippen molar-refractivity contribution in [2.24, 2.45) is 0 Å². The molecule has 8 heteroatoms. The highest BCUT2D eigenvalue weighted by molar-refractivity contribution is 5.03. The summed E-state index contributed by atoms with van der Waals surface area (Å²) < 4.78 is 46.8. The van der Waals surface area contributed by atoms with Crippen molar-refractivity contribution in [1.82, 2.24) is 15.5 Å². The molecule has 1 aromatic rings. The van der Waals surface area contributed by atoms with Crippen LogP contribution in [0.1, 0.15) is 24.6 Å². The molecule has 2 heterocycles. The van der Waals surface area contributed by atoms with Crippen LogP contribution in [0, 0.1) is 0 Å².